The molecule has 1 heterocycles. The summed E-state index contributed by atoms with van der Waals surface area (Å²) in [6.45, 7) is 0.0655. The number of aliphatic hydroxyl groups excluding tert-OH is 1. The second-order valence-electron chi connectivity index (χ2n) is 7.78. The minimum atomic E-state index is -0.821. The van der Waals surface area contributed by atoms with Crippen LogP contribution in [-0.2, 0) is 14.3 Å². The molecule has 0 unspecified atom stereocenters. The van der Waals surface area contributed by atoms with E-state index in [2.05, 4.69) is 21.2 Å². The Hall–Kier alpha value is -1.93. The Labute approximate surface area is 178 Å². The molecule has 158 valence electrons. The fourth-order valence-corrected chi connectivity index (χ4v) is 4.53. The van der Waals surface area contributed by atoms with Crippen LogP contribution < -0.4 is 5.32 Å². The van der Waals surface area contributed by atoms with Crippen LogP contribution in [0.4, 0.5) is 0 Å². The number of amides is 2. The van der Waals surface area contributed by atoms with Gasteiger partial charge in [0.15, 0.2) is 0 Å². The van der Waals surface area contributed by atoms with Crippen molar-refractivity contribution in [2.45, 2.75) is 56.7 Å². The summed E-state index contributed by atoms with van der Waals surface area (Å²) < 4.78 is 5.68. The summed E-state index contributed by atoms with van der Waals surface area (Å²) in [5.74, 6) is -1.19. The van der Waals surface area contributed by atoms with Gasteiger partial charge in [0.25, 0.3) is 5.91 Å². The zero-order valence-electron chi connectivity index (χ0n) is 16.5. The first-order valence-corrected chi connectivity index (χ1v) is 10.8. The SMILES string of the molecule is COC(=O)[C@@H]1C[C@@H](O)CN1C(=O)[C@@H](NC(=O)c1ccc(Br)cc1)C1CCCCC1. The molecular formula is C21H27BrN2O5. The van der Waals surface area contributed by atoms with Gasteiger partial charge >= 0.3 is 5.97 Å². The normalized spacial score (nSPS) is 23.5. The lowest BCUT2D eigenvalue weighted by atomic mass is 9.83. The van der Waals surface area contributed by atoms with Crippen LogP contribution in [0.5, 0.6) is 0 Å². The van der Waals surface area contributed by atoms with Gasteiger partial charge in [-0.05, 0) is 43.0 Å². The van der Waals surface area contributed by atoms with Crippen LogP contribution in [0.2, 0.25) is 0 Å². The highest BCUT2D eigenvalue weighted by Crippen LogP contribution is 2.30. The number of nitrogens with zero attached hydrogens (tertiary/aromatic N) is 1. The minimum Gasteiger partial charge on any atom is -0.467 e. The Morgan fingerprint density at radius 3 is 2.45 bits per heavy atom. The average Bonchev–Trinajstić information content (AvgIpc) is 3.13. The van der Waals surface area contributed by atoms with E-state index in [1.54, 1.807) is 24.3 Å². The monoisotopic (exact) mass is 466 g/mol. The Balaban J connectivity index is 1.82. The molecule has 3 atom stereocenters. The maximum atomic E-state index is 13.4. The van der Waals surface area contributed by atoms with Gasteiger partial charge in [-0.3, -0.25) is 9.59 Å². The zero-order valence-corrected chi connectivity index (χ0v) is 18.1. The summed E-state index contributed by atoms with van der Waals surface area (Å²) in [4.78, 5) is 39.8. The Morgan fingerprint density at radius 2 is 1.83 bits per heavy atom. The molecular weight excluding hydrogens is 440 g/mol. The molecule has 0 radical (unpaired) electrons. The van der Waals surface area contributed by atoms with Gasteiger partial charge in [0, 0.05) is 23.0 Å². The molecule has 1 saturated heterocycles. The summed E-state index contributed by atoms with van der Waals surface area (Å²) in [5, 5.41) is 13.0. The highest BCUT2D eigenvalue weighted by molar-refractivity contribution is 9.10. The van der Waals surface area contributed by atoms with Gasteiger partial charge in [0.05, 0.1) is 13.2 Å². The third-order valence-electron chi connectivity index (χ3n) is 5.82. The zero-order chi connectivity index (χ0) is 21.0. The molecule has 1 saturated carbocycles. The van der Waals surface area contributed by atoms with Crippen molar-refractivity contribution in [3.05, 3.63) is 34.3 Å². The maximum absolute atomic E-state index is 13.4. The smallest absolute Gasteiger partial charge is 0.328 e. The molecule has 3 rings (SSSR count). The van der Waals surface area contributed by atoms with Gasteiger partial charge in [0.2, 0.25) is 5.91 Å². The predicted octanol–water partition coefficient (Wildman–Crippen LogP) is 2.26. The number of hydrogen-bond donors (Lipinski definition) is 2. The molecule has 1 aliphatic carbocycles. The van der Waals surface area contributed by atoms with E-state index in [4.69, 9.17) is 4.74 Å². The molecule has 2 amide bonds. The van der Waals surface area contributed by atoms with Crippen molar-refractivity contribution in [2.75, 3.05) is 13.7 Å². The van der Waals surface area contributed by atoms with Crippen molar-refractivity contribution in [1.82, 2.24) is 10.2 Å². The lowest BCUT2D eigenvalue weighted by Crippen LogP contribution is -2.55. The highest BCUT2D eigenvalue weighted by atomic mass is 79.9. The first-order chi connectivity index (χ1) is 13.9. The van der Waals surface area contributed by atoms with E-state index in [0.29, 0.717) is 5.56 Å². The molecule has 0 spiro atoms. The largest absolute Gasteiger partial charge is 0.467 e. The number of benzene rings is 1. The number of halogens is 1. The number of hydrogen-bond acceptors (Lipinski definition) is 5. The number of carbonyl (C=O) groups excluding carboxylic acids is 3. The van der Waals surface area contributed by atoms with Crippen LogP contribution in [0.15, 0.2) is 28.7 Å². The Morgan fingerprint density at radius 1 is 1.17 bits per heavy atom. The molecule has 2 aliphatic rings. The third kappa shape index (κ3) is 5.17. The van der Waals surface area contributed by atoms with E-state index >= 15 is 0 Å². The summed E-state index contributed by atoms with van der Waals surface area (Å²) in [5.41, 5.74) is 0.466. The molecule has 7 nitrogen and oxygen atoms in total. The fraction of sp³-hybridized carbons (Fsp3) is 0.571. The number of carbonyl (C=O) groups is 3. The van der Waals surface area contributed by atoms with E-state index < -0.39 is 24.2 Å². The summed E-state index contributed by atoms with van der Waals surface area (Å²) >= 11 is 3.35. The molecule has 2 fully saturated rings. The second kappa shape index (κ2) is 9.71. The summed E-state index contributed by atoms with van der Waals surface area (Å²) in [6, 6.07) is 5.38. The van der Waals surface area contributed by atoms with Crippen LogP contribution in [0.25, 0.3) is 0 Å². The number of methoxy groups -OCH3 is 1. The Bertz CT molecular complexity index is 748. The van der Waals surface area contributed by atoms with E-state index in [1.165, 1.54) is 12.0 Å². The first kappa shape index (κ1) is 21.8. The molecule has 1 aromatic rings. The lowest BCUT2D eigenvalue weighted by Gasteiger charge is -2.34. The number of nitrogens with one attached hydrogen (secondary N) is 1. The van der Waals surface area contributed by atoms with Gasteiger partial charge in [-0.25, -0.2) is 4.79 Å². The standard InChI is InChI=1S/C21H27BrN2O5/c1-29-21(28)17-11-16(25)12-24(17)20(27)18(13-5-3-2-4-6-13)23-19(26)14-7-9-15(22)10-8-14/h7-10,13,16-18,25H,2-6,11-12H2,1H3,(H,23,26)/t16-,17+,18+/m1/s1. The van der Waals surface area contributed by atoms with Crippen LogP contribution in [0.1, 0.15) is 48.9 Å². The minimum absolute atomic E-state index is 0.00619. The number of ether oxygens (including phenoxy) is 1. The second-order valence-corrected chi connectivity index (χ2v) is 8.69. The van der Waals surface area contributed by atoms with E-state index in [0.717, 1.165) is 36.6 Å². The molecule has 0 bridgehead atoms. The van der Waals surface area contributed by atoms with Gasteiger partial charge in [-0.15, -0.1) is 0 Å². The van der Waals surface area contributed by atoms with Crippen LogP contribution in [-0.4, -0.2) is 59.6 Å². The van der Waals surface area contributed by atoms with Crippen molar-refractivity contribution >= 4 is 33.7 Å². The molecule has 2 N–H and O–H groups in total. The van der Waals surface area contributed by atoms with E-state index in [-0.39, 0.29) is 30.7 Å². The number of rotatable bonds is 5. The van der Waals surface area contributed by atoms with Crippen molar-refractivity contribution in [2.24, 2.45) is 5.92 Å². The first-order valence-electron chi connectivity index (χ1n) is 10.0. The number of esters is 1. The van der Waals surface area contributed by atoms with Crippen molar-refractivity contribution < 1.29 is 24.2 Å². The van der Waals surface area contributed by atoms with Gasteiger partial charge < -0.3 is 20.1 Å². The van der Waals surface area contributed by atoms with Gasteiger partial charge in [0.1, 0.15) is 12.1 Å². The quantitative estimate of drug-likeness (QED) is 0.648. The molecule has 8 heteroatoms. The van der Waals surface area contributed by atoms with Crippen molar-refractivity contribution in [1.29, 1.82) is 0 Å². The molecule has 29 heavy (non-hydrogen) atoms. The van der Waals surface area contributed by atoms with E-state index in [9.17, 15) is 19.5 Å². The lowest BCUT2D eigenvalue weighted by molar-refractivity contribution is -0.152. The highest BCUT2D eigenvalue weighted by Gasteiger charge is 2.44. The number of aliphatic hydroxyl groups is 1. The Kier molecular flexibility index (Phi) is 7.29. The third-order valence-corrected chi connectivity index (χ3v) is 6.34. The number of likely N-dealkylation sites (tertiary alicyclic amines) is 1. The predicted molar refractivity (Wildman–Crippen MR) is 110 cm³/mol. The van der Waals surface area contributed by atoms with Gasteiger partial charge in [-0.2, -0.15) is 0 Å². The van der Waals surface area contributed by atoms with Crippen molar-refractivity contribution in [3.63, 3.8) is 0 Å². The maximum Gasteiger partial charge on any atom is 0.328 e. The van der Waals surface area contributed by atoms with E-state index in [1.807, 2.05) is 0 Å². The fourth-order valence-electron chi connectivity index (χ4n) is 4.27. The topological polar surface area (TPSA) is 95.9 Å². The van der Waals surface area contributed by atoms with Crippen LogP contribution >= 0.6 is 15.9 Å². The van der Waals surface area contributed by atoms with Crippen LogP contribution in [0, 0.1) is 5.92 Å². The summed E-state index contributed by atoms with van der Waals surface area (Å²) in [6.07, 6.45) is 4.18. The van der Waals surface area contributed by atoms with Crippen molar-refractivity contribution in [3.8, 4) is 0 Å². The summed E-state index contributed by atoms with van der Waals surface area (Å²) in [7, 11) is 1.27. The number of β-amino-alcohol motifs (C(OH)–C–C–N with tert-alkyl or cyclic N) is 1. The molecule has 0 aromatic heterocycles. The molecule has 1 aliphatic heterocycles. The van der Waals surface area contributed by atoms with Crippen LogP contribution in [0.3, 0.4) is 0 Å². The average molecular weight is 467 g/mol. The van der Waals surface area contributed by atoms with Gasteiger partial charge in [-0.1, -0.05) is 35.2 Å². The molecule has 1 aromatic carbocycles.